The van der Waals surface area contributed by atoms with Gasteiger partial charge in [-0.15, -0.1) is 0 Å². The number of halogens is 3. The summed E-state index contributed by atoms with van der Waals surface area (Å²) in [6.45, 7) is 0.918. The zero-order valence-electron chi connectivity index (χ0n) is 8.62. The molecule has 0 saturated heterocycles. The molecule has 0 bridgehead atoms. The predicted octanol–water partition coefficient (Wildman–Crippen LogP) is 3.16. The third kappa shape index (κ3) is 3.76. The monoisotopic (exact) mass is 233 g/mol. The van der Waals surface area contributed by atoms with E-state index in [2.05, 4.69) is 5.32 Å². The van der Waals surface area contributed by atoms with Gasteiger partial charge in [0.2, 0.25) is 0 Å². The highest BCUT2D eigenvalue weighted by Gasteiger charge is 2.07. The predicted molar refractivity (Wildman–Crippen MR) is 58.2 cm³/mol. The van der Waals surface area contributed by atoms with Crippen LogP contribution in [-0.4, -0.2) is 13.6 Å². The van der Waals surface area contributed by atoms with Gasteiger partial charge in [-0.2, -0.15) is 0 Å². The summed E-state index contributed by atoms with van der Waals surface area (Å²) in [5.41, 5.74) is 0.673. The Balaban J connectivity index is 2.57. The van der Waals surface area contributed by atoms with Gasteiger partial charge in [0, 0.05) is 5.02 Å². The second-order valence-electron chi connectivity index (χ2n) is 3.42. The number of benzene rings is 1. The first-order valence-corrected chi connectivity index (χ1v) is 5.31. The molecule has 1 nitrogen and oxygen atoms in total. The molecular weight excluding hydrogens is 220 g/mol. The number of hydrogen-bond acceptors (Lipinski definition) is 1. The van der Waals surface area contributed by atoms with E-state index in [0.29, 0.717) is 17.0 Å². The first-order chi connectivity index (χ1) is 7.15. The summed E-state index contributed by atoms with van der Waals surface area (Å²) in [6.07, 6.45) is 2.58. The number of aryl methyl sites for hydroxylation is 1. The Kier molecular flexibility index (Phi) is 4.99. The molecule has 15 heavy (non-hydrogen) atoms. The first-order valence-electron chi connectivity index (χ1n) is 4.93. The Hall–Kier alpha value is -0.670. The zero-order chi connectivity index (χ0) is 11.3. The molecule has 0 spiro atoms. The van der Waals surface area contributed by atoms with Gasteiger partial charge in [0.05, 0.1) is 0 Å². The van der Waals surface area contributed by atoms with Crippen molar-refractivity contribution in [3.05, 3.63) is 34.4 Å². The van der Waals surface area contributed by atoms with Crippen LogP contribution in [0.15, 0.2) is 12.1 Å². The maximum Gasteiger partial charge on any atom is 0.160 e. The topological polar surface area (TPSA) is 12.0 Å². The van der Waals surface area contributed by atoms with E-state index in [-0.39, 0.29) is 0 Å². The van der Waals surface area contributed by atoms with Crippen molar-refractivity contribution < 1.29 is 8.78 Å². The Morgan fingerprint density at radius 1 is 1.20 bits per heavy atom. The largest absolute Gasteiger partial charge is 0.320 e. The Labute approximate surface area is 93.4 Å². The molecule has 0 saturated carbocycles. The molecule has 0 heterocycles. The lowest BCUT2D eigenvalue weighted by Gasteiger charge is -2.05. The van der Waals surface area contributed by atoms with E-state index in [0.717, 1.165) is 25.5 Å². The number of hydrogen-bond donors (Lipinski definition) is 1. The Morgan fingerprint density at radius 2 is 1.87 bits per heavy atom. The highest BCUT2D eigenvalue weighted by molar-refractivity contribution is 6.31. The molecule has 0 aromatic heterocycles. The van der Waals surface area contributed by atoms with E-state index in [4.69, 9.17) is 11.6 Å². The van der Waals surface area contributed by atoms with Crippen LogP contribution in [0.2, 0.25) is 5.02 Å². The van der Waals surface area contributed by atoms with Gasteiger partial charge in [-0.1, -0.05) is 11.6 Å². The standard InChI is InChI=1S/C11H14ClF2N/c1-15-5-3-2-4-8-6-10(13)11(14)7-9(8)12/h6-7,15H,2-5H2,1H3. The van der Waals surface area contributed by atoms with Crippen LogP contribution in [-0.2, 0) is 6.42 Å². The fourth-order valence-corrected chi connectivity index (χ4v) is 1.62. The summed E-state index contributed by atoms with van der Waals surface area (Å²) in [7, 11) is 1.88. The molecule has 0 aliphatic carbocycles. The molecule has 0 radical (unpaired) electrons. The Bertz CT molecular complexity index is 329. The average Bonchev–Trinajstić information content (AvgIpc) is 2.20. The van der Waals surface area contributed by atoms with Crippen LogP contribution >= 0.6 is 11.6 Å². The van der Waals surface area contributed by atoms with Gasteiger partial charge in [0.25, 0.3) is 0 Å². The molecule has 1 aromatic rings. The number of rotatable bonds is 5. The molecule has 0 aliphatic heterocycles. The summed E-state index contributed by atoms with van der Waals surface area (Å²) in [6, 6.07) is 2.21. The summed E-state index contributed by atoms with van der Waals surface area (Å²) >= 11 is 5.79. The van der Waals surface area contributed by atoms with E-state index in [1.165, 1.54) is 6.07 Å². The van der Waals surface area contributed by atoms with Gasteiger partial charge < -0.3 is 5.32 Å². The minimum Gasteiger partial charge on any atom is -0.320 e. The SMILES string of the molecule is CNCCCCc1cc(F)c(F)cc1Cl. The van der Waals surface area contributed by atoms with Gasteiger partial charge in [-0.3, -0.25) is 0 Å². The molecule has 0 amide bonds. The third-order valence-electron chi connectivity index (χ3n) is 2.21. The van der Waals surface area contributed by atoms with Gasteiger partial charge in [-0.25, -0.2) is 8.78 Å². The van der Waals surface area contributed by atoms with Crippen molar-refractivity contribution in [1.29, 1.82) is 0 Å². The van der Waals surface area contributed by atoms with Crippen molar-refractivity contribution in [3.63, 3.8) is 0 Å². The van der Waals surface area contributed by atoms with Gasteiger partial charge >= 0.3 is 0 Å². The van der Waals surface area contributed by atoms with Crippen LogP contribution in [0.3, 0.4) is 0 Å². The van der Waals surface area contributed by atoms with E-state index in [9.17, 15) is 8.78 Å². The summed E-state index contributed by atoms with van der Waals surface area (Å²) in [5.74, 6) is -1.72. The maximum atomic E-state index is 12.9. The van der Waals surface area contributed by atoms with Gasteiger partial charge in [0.15, 0.2) is 11.6 Å². The second kappa shape index (κ2) is 6.03. The molecule has 0 aliphatic rings. The van der Waals surface area contributed by atoms with Crippen LogP contribution in [0.4, 0.5) is 8.78 Å². The average molecular weight is 234 g/mol. The fourth-order valence-electron chi connectivity index (χ4n) is 1.37. The zero-order valence-corrected chi connectivity index (χ0v) is 9.37. The molecular formula is C11H14ClF2N. The molecule has 1 aromatic carbocycles. The Morgan fingerprint density at radius 3 is 2.53 bits per heavy atom. The smallest absolute Gasteiger partial charge is 0.160 e. The summed E-state index contributed by atoms with van der Waals surface area (Å²) in [5, 5.41) is 3.33. The van der Waals surface area contributed by atoms with Crippen LogP contribution < -0.4 is 5.32 Å². The maximum absolute atomic E-state index is 12.9. The van der Waals surface area contributed by atoms with E-state index in [1.54, 1.807) is 0 Å². The van der Waals surface area contributed by atoms with Crippen molar-refractivity contribution in [2.45, 2.75) is 19.3 Å². The highest BCUT2D eigenvalue weighted by atomic mass is 35.5. The highest BCUT2D eigenvalue weighted by Crippen LogP contribution is 2.21. The normalized spacial score (nSPS) is 10.7. The van der Waals surface area contributed by atoms with Crippen molar-refractivity contribution in [3.8, 4) is 0 Å². The number of unbranched alkanes of at least 4 members (excludes halogenated alkanes) is 1. The lowest BCUT2D eigenvalue weighted by Crippen LogP contribution is -2.07. The van der Waals surface area contributed by atoms with Crippen molar-refractivity contribution in [1.82, 2.24) is 5.32 Å². The second-order valence-corrected chi connectivity index (χ2v) is 3.83. The van der Waals surface area contributed by atoms with E-state index >= 15 is 0 Å². The van der Waals surface area contributed by atoms with Crippen LogP contribution in [0, 0.1) is 11.6 Å². The summed E-state index contributed by atoms with van der Waals surface area (Å²) < 4.78 is 25.6. The fraction of sp³-hybridized carbons (Fsp3) is 0.455. The first kappa shape index (κ1) is 12.4. The van der Waals surface area contributed by atoms with Crippen molar-refractivity contribution in [2.75, 3.05) is 13.6 Å². The number of nitrogens with one attached hydrogen (secondary N) is 1. The van der Waals surface area contributed by atoms with Gasteiger partial charge in [-0.05, 0) is 50.6 Å². The molecule has 0 fully saturated rings. The van der Waals surface area contributed by atoms with Gasteiger partial charge in [0.1, 0.15) is 0 Å². The van der Waals surface area contributed by atoms with E-state index in [1.807, 2.05) is 7.05 Å². The van der Waals surface area contributed by atoms with Crippen LogP contribution in [0.1, 0.15) is 18.4 Å². The molecule has 0 atom stereocenters. The summed E-state index contributed by atoms with van der Waals surface area (Å²) in [4.78, 5) is 0. The molecule has 4 heteroatoms. The molecule has 1 N–H and O–H groups in total. The molecule has 1 rings (SSSR count). The lowest BCUT2D eigenvalue weighted by atomic mass is 10.1. The minimum atomic E-state index is -0.890. The van der Waals surface area contributed by atoms with E-state index < -0.39 is 11.6 Å². The van der Waals surface area contributed by atoms with Crippen LogP contribution in [0.25, 0.3) is 0 Å². The van der Waals surface area contributed by atoms with Crippen molar-refractivity contribution in [2.24, 2.45) is 0 Å². The lowest BCUT2D eigenvalue weighted by molar-refractivity contribution is 0.506. The molecule has 84 valence electrons. The minimum absolute atomic E-state index is 0.304. The quantitative estimate of drug-likeness (QED) is 0.609. The molecule has 0 unspecified atom stereocenters. The van der Waals surface area contributed by atoms with Crippen LogP contribution in [0.5, 0.6) is 0 Å². The van der Waals surface area contributed by atoms with Crippen molar-refractivity contribution >= 4 is 11.6 Å². The third-order valence-corrected chi connectivity index (χ3v) is 2.56.